The number of pyridine rings is 1. The first-order valence-electron chi connectivity index (χ1n) is 10.5. The lowest BCUT2D eigenvalue weighted by molar-refractivity contribution is -0.137. The molecule has 33 heavy (non-hydrogen) atoms. The fourth-order valence-corrected chi connectivity index (χ4v) is 3.59. The number of nitrogens with zero attached hydrogens (tertiary/aromatic N) is 1. The van der Waals surface area contributed by atoms with E-state index in [2.05, 4.69) is 15.6 Å². The number of hydrogen-bond acceptors (Lipinski definition) is 4. The van der Waals surface area contributed by atoms with Crippen molar-refractivity contribution in [2.75, 3.05) is 14.2 Å². The van der Waals surface area contributed by atoms with Gasteiger partial charge in [0, 0.05) is 25.4 Å². The van der Waals surface area contributed by atoms with Crippen LogP contribution in [0.1, 0.15) is 40.8 Å². The molecule has 0 aliphatic rings. The van der Waals surface area contributed by atoms with Crippen molar-refractivity contribution in [1.29, 1.82) is 0 Å². The normalized spacial score (nSPS) is 13.2. The third-order valence-corrected chi connectivity index (χ3v) is 5.38. The molecule has 174 valence electrons. The Hall–Kier alpha value is -3.39. The van der Waals surface area contributed by atoms with Gasteiger partial charge in [0.2, 0.25) is 11.8 Å². The van der Waals surface area contributed by atoms with E-state index in [9.17, 15) is 18.0 Å². The molecule has 3 rings (SSSR count). The number of aromatic nitrogens is 1. The van der Waals surface area contributed by atoms with Crippen LogP contribution in [0.15, 0.2) is 72.9 Å². The van der Waals surface area contributed by atoms with Gasteiger partial charge in [-0.1, -0.05) is 42.5 Å². The number of amides is 1. The maximum absolute atomic E-state index is 12.9. The molecule has 0 saturated carbocycles. The Morgan fingerprint density at radius 3 is 2.33 bits per heavy atom. The molecule has 1 aromatic heterocycles. The highest BCUT2D eigenvalue weighted by Gasteiger charge is 2.30. The Bertz CT molecular complexity index is 1040. The van der Waals surface area contributed by atoms with Crippen molar-refractivity contribution in [2.45, 2.75) is 31.1 Å². The smallest absolute Gasteiger partial charge is 0.416 e. The maximum atomic E-state index is 12.9. The summed E-state index contributed by atoms with van der Waals surface area (Å²) < 4.78 is 43.9. The monoisotopic (exact) mass is 457 g/mol. The van der Waals surface area contributed by atoms with Crippen molar-refractivity contribution < 1.29 is 22.7 Å². The molecule has 0 aliphatic heterocycles. The number of ether oxygens (including phenoxy) is 1. The minimum atomic E-state index is -4.37. The lowest BCUT2D eigenvalue weighted by atomic mass is 9.96. The number of alkyl halides is 3. The van der Waals surface area contributed by atoms with Crippen LogP contribution in [0.3, 0.4) is 0 Å². The second-order valence-electron chi connectivity index (χ2n) is 7.54. The van der Waals surface area contributed by atoms with Gasteiger partial charge in [0.1, 0.15) is 6.04 Å². The number of likely N-dealkylation sites (N-methyl/N-ethyl adjacent to an activating group) is 1. The predicted octanol–water partition coefficient (Wildman–Crippen LogP) is 4.86. The molecule has 2 atom stereocenters. The summed E-state index contributed by atoms with van der Waals surface area (Å²) in [6.07, 6.45) is -1.69. The highest BCUT2D eigenvalue weighted by molar-refractivity contribution is 5.83. The van der Waals surface area contributed by atoms with Crippen LogP contribution in [0.25, 0.3) is 0 Å². The Kier molecular flexibility index (Phi) is 8.06. The van der Waals surface area contributed by atoms with Gasteiger partial charge in [-0.2, -0.15) is 13.2 Å². The van der Waals surface area contributed by atoms with Gasteiger partial charge < -0.3 is 10.1 Å². The summed E-state index contributed by atoms with van der Waals surface area (Å²) in [4.78, 5) is 16.8. The Morgan fingerprint density at radius 2 is 1.73 bits per heavy atom. The number of hydrogen-bond donors (Lipinski definition) is 2. The van der Waals surface area contributed by atoms with Crippen molar-refractivity contribution in [1.82, 2.24) is 15.6 Å². The number of halogens is 3. The molecule has 2 unspecified atom stereocenters. The quantitative estimate of drug-likeness (QED) is 0.482. The third kappa shape index (κ3) is 6.55. The maximum Gasteiger partial charge on any atom is 0.416 e. The number of rotatable bonds is 9. The second-order valence-corrected chi connectivity index (χ2v) is 7.54. The topological polar surface area (TPSA) is 63.2 Å². The Labute approximate surface area is 191 Å². The van der Waals surface area contributed by atoms with Crippen LogP contribution in [0, 0.1) is 0 Å². The summed E-state index contributed by atoms with van der Waals surface area (Å²) in [5.41, 5.74) is 1.76. The van der Waals surface area contributed by atoms with E-state index in [1.807, 2.05) is 36.4 Å². The van der Waals surface area contributed by atoms with Crippen molar-refractivity contribution >= 4 is 5.91 Å². The number of carbonyl (C=O) groups excluding carboxylic acids is 1. The van der Waals surface area contributed by atoms with E-state index in [-0.39, 0.29) is 11.9 Å². The number of benzene rings is 2. The van der Waals surface area contributed by atoms with Gasteiger partial charge in [-0.3, -0.25) is 10.1 Å². The van der Waals surface area contributed by atoms with Gasteiger partial charge in [-0.05, 0) is 47.7 Å². The summed E-state index contributed by atoms with van der Waals surface area (Å²) in [6.45, 7) is 0. The molecule has 5 nitrogen and oxygen atoms in total. The van der Waals surface area contributed by atoms with Crippen molar-refractivity contribution in [3.8, 4) is 5.88 Å². The minimum absolute atomic E-state index is 0.193. The van der Waals surface area contributed by atoms with Crippen molar-refractivity contribution in [2.24, 2.45) is 0 Å². The first-order chi connectivity index (χ1) is 15.8. The van der Waals surface area contributed by atoms with Gasteiger partial charge in [0.05, 0.1) is 12.7 Å². The average Bonchev–Trinajstić information content (AvgIpc) is 2.84. The van der Waals surface area contributed by atoms with Gasteiger partial charge >= 0.3 is 6.18 Å². The average molecular weight is 457 g/mol. The summed E-state index contributed by atoms with van der Waals surface area (Å²) in [5, 5.41) is 6.11. The van der Waals surface area contributed by atoms with Crippen LogP contribution in [-0.4, -0.2) is 25.0 Å². The zero-order valence-electron chi connectivity index (χ0n) is 18.4. The van der Waals surface area contributed by atoms with Crippen molar-refractivity contribution in [3.05, 3.63) is 95.2 Å². The summed E-state index contributed by atoms with van der Waals surface area (Å²) >= 11 is 0. The molecular formula is C25H26F3N3O2. The molecule has 0 radical (unpaired) electrons. The molecule has 0 fully saturated rings. The van der Waals surface area contributed by atoms with E-state index in [0.29, 0.717) is 18.7 Å². The molecule has 1 heterocycles. The van der Waals surface area contributed by atoms with Gasteiger partial charge in [-0.15, -0.1) is 0 Å². The van der Waals surface area contributed by atoms with Gasteiger partial charge in [-0.25, -0.2) is 4.98 Å². The molecule has 0 bridgehead atoms. The molecule has 0 aliphatic carbocycles. The van der Waals surface area contributed by atoms with Gasteiger partial charge in [0.15, 0.2) is 0 Å². The molecular weight excluding hydrogens is 431 g/mol. The molecule has 8 heteroatoms. The number of methoxy groups -OCH3 is 1. The SMILES string of the molecule is CNC(=O)C(NC(CCc1ccc(C(F)(F)F)cc1)c1ccnc(OC)c1)c1ccccc1. The Morgan fingerprint density at radius 1 is 1.03 bits per heavy atom. The molecule has 3 aromatic rings. The van der Waals surface area contributed by atoms with Crippen LogP contribution >= 0.6 is 0 Å². The zero-order chi connectivity index (χ0) is 23.8. The Balaban J connectivity index is 1.86. The predicted molar refractivity (Wildman–Crippen MR) is 120 cm³/mol. The lowest BCUT2D eigenvalue weighted by Crippen LogP contribution is -2.38. The second kappa shape index (κ2) is 11.0. The van der Waals surface area contributed by atoms with Crippen LogP contribution in [-0.2, 0) is 17.4 Å². The largest absolute Gasteiger partial charge is 0.481 e. The minimum Gasteiger partial charge on any atom is -0.481 e. The summed E-state index contributed by atoms with van der Waals surface area (Å²) in [5.74, 6) is 0.242. The van der Waals surface area contributed by atoms with E-state index in [4.69, 9.17) is 4.74 Å². The number of aryl methyl sites for hydroxylation is 1. The number of carbonyl (C=O) groups is 1. The summed E-state index contributed by atoms with van der Waals surface area (Å²) in [7, 11) is 3.10. The van der Waals surface area contributed by atoms with Crippen LogP contribution in [0.5, 0.6) is 5.88 Å². The zero-order valence-corrected chi connectivity index (χ0v) is 18.4. The molecule has 0 spiro atoms. The van der Waals surface area contributed by atoms with Crippen LogP contribution < -0.4 is 15.4 Å². The summed E-state index contributed by atoms with van der Waals surface area (Å²) in [6, 6.07) is 17.2. The number of nitrogens with one attached hydrogen (secondary N) is 2. The molecule has 2 N–H and O–H groups in total. The first-order valence-corrected chi connectivity index (χ1v) is 10.5. The highest BCUT2D eigenvalue weighted by Crippen LogP contribution is 2.30. The molecule has 2 aromatic carbocycles. The highest BCUT2D eigenvalue weighted by atomic mass is 19.4. The lowest BCUT2D eigenvalue weighted by Gasteiger charge is -2.26. The van der Waals surface area contributed by atoms with Crippen LogP contribution in [0.4, 0.5) is 13.2 Å². The van der Waals surface area contributed by atoms with Crippen LogP contribution in [0.2, 0.25) is 0 Å². The van der Waals surface area contributed by atoms with E-state index in [1.54, 1.807) is 19.3 Å². The third-order valence-electron chi connectivity index (χ3n) is 5.38. The van der Waals surface area contributed by atoms with E-state index < -0.39 is 17.8 Å². The van der Waals surface area contributed by atoms with E-state index >= 15 is 0 Å². The van der Waals surface area contributed by atoms with E-state index in [1.165, 1.54) is 19.2 Å². The standard InChI is InChI=1S/C25H26F3N3O2/c1-29-24(32)23(18-6-4-3-5-7-18)31-21(19-14-15-30-22(16-19)33-2)13-10-17-8-11-20(12-9-17)25(26,27)28/h3-9,11-12,14-16,21,23,31H,10,13H2,1-2H3,(H,29,32). The first kappa shape index (κ1) is 24.3. The van der Waals surface area contributed by atoms with E-state index in [0.717, 1.165) is 28.8 Å². The van der Waals surface area contributed by atoms with Crippen molar-refractivity contribution in [3.63, 3.8) is 0 Å². The molecule has 0 saturated heterocycles. The fraction of sp³-hybridized carbons (Fsp3) is 0.280. The van der Waals surface area contributed by atoms with Gasteiger partial charge in [0.25, 0.3) is 0 Å². The molecule has 1 amide bonds. The fourth-order valence-electron chi connectivity index (χ4n) is 3.59.